The van der Waals surface area contributed by atoms with Gasteiger partial charge in [-0.15, -0.1) is 0 Å². The normalized spacial score (nSPS) is 20.3. The SMILES string of the molecule is Cc1c(/C=C2/SC(=S)N(c3c(C)n(C)n(-c4ccccc4)c3=O)C2=O)c(N2CC(C)CC(C)C2)n(C)c(=O)c1C#N. The predicted molar refractivity (Wildman–Crippen MR) is 168 cm³/mol. The number of thioether (sulfide) groups is 1. The summed E-state index contributed by atoms with van der Waals surface area (Å²) in [6.07, 6.45) is 2.81. The van der Waals surface area contributed by atoms with Gasteiger partial charge in [0.1, 0.15) is 23.1 Å². The van der Waals surface area contributed by atoms with Gasteiger partial charge in [0.05, 0.1) is 16.3 Å². The first-order valence-electron chi connectivity index (χ1n) is 13.5. The molecule has 9 nitrogen and oxygen atoms in total. The molecular formula is C30H32N6O3S2. The number of carbonyl (C=O) groups is 1. The number of piperidine rings is 1. The van der Waals surface area contributed by atoms with E-state index < -0.39 is 5.91 Å². The third-order valence-electron chi connectivity index (χ3n) is 7.95. The standard InChI is InChI=1S/C30H32N6O3S2/c1-17-12-18(2)16-34(15-17)26-22(19(3)23(14-31)27(37)32(26)5)13-24-28(38)35(30(40)41-24)25-20(4)33(6)36(29(25)39)21-10-8-7-9-11-21/h7-11,13,17-18H,12,15-16H2,1-6H3/b24-13+. The Morgan fingerprint density at radius 3 is 2.27 bits per heavy atom. The maximum absolute atomic E-state index is 13.9. The summed E-state index contributed by atoms with van der Waals surface area (Å²) in [5.74, 6) is 1.11. The lowest BCUT2D eigenvalue weighted by Crippen LogP contribution is -2.42. The van der Waals surface area contributed by atoms with E-state index in [-0.39, 0.29) is 26.7 Å². The number of aromatic nitrogens is 3. The van der Waals surface area contributed by atoms with Crippen molar-refractivity contribution in [3.8, 4) is 11.8 Å². The summed E-state index contributed by atoms with van der Waals surface area (Å²) in [7, 11) is 3.44. The van der Waals surface area contributed by atoms with Crippen LogP contribution in [0.15, 0.2) is 44.8 Å². The number of benzene rings is 1. The molecule has 4 heterocycles. The van der Waals surface area contributed by atoms with Crippen LogP contribution in [0.25, 0.3) is 11.8 Å². The van der Waals surface area contributed by atoms with Crippen molar-refractivity contribution < 1.29 is 4.79 Å². The maximum atomic E-state index is 13.9. The molecule has 2 aliphatic rings. The Hall–Kier alpha value is -3.88. The van der Waals surface area contributed by atoms with Gasteiger partial charge in [-0.25, -0.2) is 4.68 Å². The lowest BCUT2D eigenvalue weighted by atomic mass is 9.91. The van der Waals surface area contributed by atoms with Crippen LogP contribution in [0, 0.1) is 37.0 Å². The Kier molecular flexibility index (Phi) is 7.57. The molecule has 0 radical (unpaired) electrons. The molecule has 11 heteroatoms. The van der Waals surface area contributed by atoms with E-state index >= 15 is 0 Å². The highest BCUT2D eigenvalue weighted by molar-refractivity contribution is 8.27. The molecule has 0 aliphatic carbocycles. The van der Waals surface area contributed by atoms with Gasteiger partial charge < -0.3 is 4.90 Å². The molecule has 0 saturated carbocycles. The fourth-order valence-corrected chi connectivity index (χ4v) is 7.29. The molecule has 2 saturated heterocycles. The number of hydrogen-bond acceptors (Lipinski definition) is 7. The van der Waals surface area contributed by atoms with Crippen molar-refractivity contribution in [1.82, 2.24) is 13.9 Å². The minimum Gasteiger partial charge on any atom is -0.357 e. The number of pyridine rings is 1. The molecule has 5 rings (SSSR count). The van der Waals surface area contributed by atoms with Crippen LogP contribution in [0.3, 0.4) is 0 Å². The summed E-state index contributed by atoms with van der Waals surface area (Å²) in [6, 6.07) is 11.3. The maximum Gasteiger partial charge on any atom is 0.296 e. The Bertz CT molecular complexity index is 1770. The van der Waals surface area contributed by atoms with Gasteiger partial charge in [-0.05, 0) is 55.9 Å². The zero-order valence-corrected chi connectivity index (χ0v) is 25.6. The summed E-state index contributed by atoms with van der Waals surface area (Å²) in [5.41, 5.74) is 1.96. The van der Waals surface area contributed by atoms with Gasteiger partial charge >= 0.3 is 0 Å². The number of rotatable bonds is 4. The molecule has 0 spiro atoms. The summed E-state index contributed by atoms with van der Waals surface area (Å²) >= 11 is 6.76. The molecule has 0 bridgehead atoms. The van der Waals surface area contributed by atoms with Crippen molar-refractivity contribution in [2.45, 2.75) is 34.1 Å². The van der Waals surface area contributed by atoms with Crippen molar-refractivity contribution in [1.29, 1.82) is 5.26 Å². The zero-order chi connectivity index (χ0) is 29.7. The molecule has 2 atom stereocenters. The Morgan fingerprint density at radius 1 is 1.02 bits per heavy atom. The van der Waals surface area contributed by atoms with Crippen LogP contribution < -0.4 is 20.9 Å². The average Bonchev–Trinajstić information content (AvgIpc) is 3.32. The van der Waals surface area contributed by atoms with Gasteiger partial charge in [0, 0.05) is 32.7 Å². The third-order valence-corrected chi connectivity index (χ3v) is 9.26. The Balaban J connectivity index is 1.65. The van der Waals surface area contributed by atoms with E-state index in [1.807, 2.05) is 30.3 Å². The molecule has 2 aromatic heterocycles. The number of thiocarbonyl (C=S) groups is 1. The van der Waals surface area contributed by atoms with Gasteiger partial charge in [-0.2, -0.15) is 5.26 Å². The second-order valence-electron chi connectivity index (χ2n) is 11.0. The van der Waals surface area contributed by atoms with Crippen LogP contribution >= 0.6 is 24.0 Å². The smallest absolute Gasteiger partial charge is 0.296 e. The van der Waals surface area contributed by atoms with Gasteiger partial charge in [0.15, 0.2) is 4.32 Å². The monoisotopic (exact) mass is 588 g/mol. The van der Waals surface area contributed by atoms with E-state index in [1.54, 1.807) is 38.7 Å². The molecule has 2 fully saturated rings. The lowest BCUT2D eigenvalue weighted by Gasteiger charge is -2.38. The van der Waals surface area contributed by atoms with Crippen LogP contribution in [0.1, 0.15) is 42.7 Å². The van der Waals surface area contributed by atoms with E-state index in [0.29, 0.717) is 45.1 Å². The summed E-state index contributed by atoms with van der Waals surface area (Å²) in [6.45, 7) is 9.41. The number of hydrogen-bond donors (Lipinski definition) is 0. The minimum atomic E-state index is -0.413. The van der Waals surface area contributed by atoms with Crippen LogP contribution in [0.2, 0.25) is 0 Å². The third kappa shape index (κ3) is 4.75. The average molecular weight is 589 g/mol. The summed E-state index contributed by atoms with van der Waals surface area (Å²) in [4.78, 5) is 44.6. The number of amides is 1. The highest BCUT2D eigenvalue weighted by Crippen LogP contribution is 2.39. The van der Waals surface area contributed by atoms with E-state index in [1.165, 1.54) is 14.1 Å². The van der Waals surface area contributed by atoms with E-state index in [9.17, 15) is 19.6 Å². The second-order valence-corrected chi connectivity index (χ2v) is 12.7. The molecule has 2 unspecified atom stereocenters. The fourth-order valence-electron chi connectivity index (χ4n) is 6.03. The molecule has 41 heavy (non-hydrogen) atoms. The van der Waals surface area contributed by atoms with Gasteiger partial charge in [-0.1, -0.05) is 56.0 Å². The number of para-hydroxylation sites is 1. The highest BCUT2D eigenvalue weighted by Gasteiger charge is 2.38. The topological polar surface area (TPSA) is 96.3 Å². The number of nitriles is 1. The van der Waals surface area contributed by atoms with Crippen LogP contribution in [0.4, 0.5) is 11.5 Å². The number of anilines is 2. The minimum absolute atomic E-state index is 0.0423. The van der Waals surface area contributed by atoms with Crippen molar-refractivity contribution in [2.75, 3.05) is 22.9 Å². The van der Waals surface area contributed by atoms with Crippen LogP contribution in [-0.2, 0) is 18.9 Å². The molecule has 212 valence electrons. The first-order valence-corrected chi connectivity index (χ1v) is 14.7. The largest absolute Gasteiger partial charge is 0.357 e. The summed E-state index contributed by atoms with van der Waals surface area (Å²) in [5, 5.41) is 9.82. The highest BCUT2D eigenvalue weighted by atomic mass is 32.2. The molecule has 2 aliphatic heterocycles. The fraction of sp³-hybridized carbons (Fsp3) is 0.367. The van der Waals surface area contributed by atoms with Gasteiger partial charge in [0.25, 0.3) is 17.0 Å². The van der Waals surface area contributed by atoms with Crippen LogP contribution in [-0.4, -0.2) is 37.2 Å². The quantitative estimate of drug-likeness (QED) is 0.332. The Morgan fingerprint density at radius 2 is 1.66 bits per heavy atom. The molecule has 1 amide bonds. The molecule has 1 aromatic carbocycles. The number of nitrogens with zero attached hydrogens (tertiary/aromatic N) is 6. The van der Waals surface area contributed by atoms with Crippen molar-refractivity contribution in [3.05, 3.63) is 78.3 Å². The molecular weight excluding hydrogens is 557 g/mol. The first-order chi connectivity index (χ1) is 19.5. The lowest BCUT2D eigenvalue weighted by molar-refractivity contribution is -0.113. The van der Waals surface area contributed by atoms with Crippen molar-refractivity contribution in [2.24, 2.45) is 25.9 Å². The van der Waals surface area contributed by atoms with E-state index in [2.05, 4.69) is 24.8 Å². The van der Waals surface area contributed by atoms with Crippen LogP contribution in [0.5, 0.6) is 0 Å². The molecule has 3 aromatic rings. The van der Waals surface area contributed by atoms with E-state index in [4.69, 9.17) is 12.2 Å². The first kappa shape index (κ1) is 28.6. The second kappa shape index (κ2) is 10.8. The predicted octanol–water partition coefficient (Wildman–Crippen LogP) is 4.25. The van der Waals surface area contributed by atoms with E-state index in [0.717, 1.165) is 31.3 Å². The summed E-state index contributed by atoms with van der Waals surface area (Å²) < 4.78 is 4.99. The Labute approximate surface area is 248 Å². The number of carbonyl (C=O) groups excluding carboxylic acids is 1. The zero-order valence-electron chi connectivity index (χ0n) is 24.0. The molecule has 0 N–H and O–H groups in total. The van der Waals surface area contributed by atoms with Crippen molar-refractivity contribution >= 4 is 51.8 Å². The van der Waals surface area contributed by atoms with Gasteiger partial charge in [-0.3, -0.25) is 28.5 Å². The van der Waals surface area contributed by atoms with Gasteiger partial charge in [0.2, 0.25) is 0 Å². The van der Waals surface area contributed by atoms with Crippen molar-refractivity contribution in [3.63, 3.8) is 0 Å².